The molecule has 1 heterocycles. The molecule has 0 saturated heterocycles. The molecule has 2 aromatic carbocycles. The standard InChI is InChI=1S/C20H17ClN2O3/c1-2-26-16-9-7-15(8-10-16)22-19(24)17-11-12-18(23-20(17)25)13-3-5-14(21)6-4-13/h3-12H,2H2,1H3,(H,22,24)(H,23,25). The van der Waals surface area contributed by atoms with Crippen LogP contribution in [0, 0.1) is 0 Å². The summed E-state index contributed by atoms with van der Waals surface area (Å²) in [6.45, 7) is 2.47. The minimum Gasteiger partial charge on any atom is -0.494 e. The molecule has 0 spiro atoms. The summed E-state index contributed by atoms with van der Waals surface area (Å²) >= 11 is 5.87. The Morgan fingerprint density at radius 2 is 1.73 bits per heavy atom. The van der Waals surface area contributed by atoms with Gasteiger partial charge in [0.1, 0.15) is 11.3 Å². The number of aromatic amines is 1. The maximum Gasteiger partial charge on any atom is 0.261 e. The van der Waals surface area contributed by atoms with E-state index in [2.05, 4.69) is 10.3 Å². The first-order valence-corrected chi connectivity index (χ1v) is 8.48. The van der Waals surface area contributed by atoms with E-state index in [1.54, 1.807) is 54.6 Å². The fraction of sp³-hybridized carbons (Fsp3) is 0.100. The molecule has 0 fully saturated rings. The summed E-state index contributed by atoms with van der Waals surface area (Å²) < 4.78 is 5.36. The summed E-state index contributed by atoms with van der Waals surface area (Å²) in [5.41, 5.74) is 1.59. The first-order chi connectivity index (χ1) is 12.6. The molecule has 0 aliphatic rings. The van der Waals surface area contributed by atoms with Gasteiger partial charge in [0, 0.05) is 16.4 Å². The second-order valence-corrected chi connectivity index (χ2v) is 5.97. The molecule has 0 aliphatic carbocycles. The van der Waals surface area contributed by atoms with Crippen LogP contribution in [0.3, 0.4) is 0 Å². The molecule has 1 amide bonds. The number of hydrogen-bond acceptors (Lipinski definition) is 3. The van der Waals surface area contributed by atoms with Crippen LogP contribution in [0.25, 0.3) is 11.3 Å². The number of carbonyl (C=O) groups excluding carboxylic acids is 1. The number of carbonyl (C=O) groups is 1. The lowest BCUT2D eigenvalue weighted by Crippen LogP contribution is -2.23. The van der Waals surface area contributed by atoms with Gasteiger partial charge in [-0.25, -0.2) is 0 Å². The van der Waals surface area contributed by atoms with Gasteiger partial charge in [0.05, 0.1) is 6.61 Å². The van der Waals surface area contributed by atoms with Crippen LogP contribution >= 0.6 is 11.6 Å². The van der Waals surface area contributed by atoms with Crippen LogP contribution in [0.4, 0.5) is 5.69 Å². The van der Waals surface area contributed by atoms with E-state index < -0.39 is 11.5 Å². The van der Waals surface area contributed by atoms with Crippen molar-refractivity contribution in [2.75, 3.05) is 11.9 Å². The molecule has 132 valence electrons. The summed E-state index contributed by atoms with van der Waals surface area (Å²) in [4.78, 5) is 27.4. The Morgan fingerprint density at radius 1 is 1.04 bits per heavy atom. The number of anilines is 1. The van der Waals surface area contributed by atoms with Gasteiger partial charge in [-0.3, -0.25) is 9.59 Å². The van der Waals surface area contributed by atoms with E-state index >= 15 is 0 Å². The molecule has 0 radical (unpaired) electrons. The number of amides is 1. The molecular formula is C20H17ClN2O3. The lowest BCUT2D eigenvalue weighted by atomic mass is 10.1. The third kappa shape index (κ3) is 4.13. The SMILES string of the molecule is CCOc1ccc(NC(=O)c2ccc(-c3ccc(Cl)cc3)[nH]c2=O)cc1. The van der Waals surface area contributed by atoms with E-state index in [1.165, 1.54) is 6.07 Å². The van der Waals surface area contributed by atoms with Crippen LogP contribution in [0.1, 0.15) is 17.3 Å². The van der Waals surface area contributed by atoms with Crippen molar-refractivity contribution in [2.45, 2.75) is 6.92 Å². The number of pyridine rings is 1. The Kier molecular flexibility index (Phi) is 5.39. The van der Waals surface area contributed by atoms with Crippen LogP contribution in [-0.4, -0.2) is 17.5 Å². The Labute approximate surface area is 155 Å². The van der Waals surface area contributed by atoms with Gasteiger partial charge in [-0.2, -0.15) is 0 Å². The molecule has 6 heteroatoms. The van der Waals surface area contributed by atoms with Crippen LogP contribution in [0.5, 0.6) is 5.75 Å². The smallest absolute Gasteiger partial charge is 0.261 e. The molecule has 0 bridgehead atoms. The zero-order valence-corrected chi connectivity index (χ0v) is 14.8. The number of benzene rings is 2. The minimum atomic E-state index is -0.474. The fourth-order valence-electron chi connectivity index (χ4n) is 2.45. The molecule has 2 N–H and O–H groups in total. The van der Waals surface area contributed by atoms with Crippen molar-refractivity contribution >= 4 is 23.2 Å². The average molecular weight is 369 g/mol. The van der Waals surface area contributed by atoms with E-state index in [9.17, 15) is 9.59 Å². The summed E-state index contributed by atoms with van der Waals surface area (Å²) in [7, 11) is 0. The maximum atomic E-state index is 12.4. The monoisotopic (exact) mass is 368 g/mol. The fourth-order valence-corrected chi connectivity index (χ4v) is 2.58. The topological polar surface area (TPSA) is 71.2 Å². The van der Waals surface area contributed by atoms with Crippen molar-refractivity contribution in [3.63, 3.8) is 0 Å². The predicted molar refractivity (Wildman–Crippen MR) is 103 cm³/mol. The van der Waals surface area contributed by atoms with Crippen LogP contribution in [0.2, 0.25) is 5.02 Å². The Bertz CT molecular complexity index is 964. The zero-order valence-electron chi connectivity index (χ0n) is 14.1. The van der Waals surface area contributed by atoms with Gasteiger partial charge in [-0.15, -0.1) is 0 Å². The van der Waals surface area contributed by atoms with Gasteiger partial charge < -0.3 is 15.0 Å². The Balaban J connectivity index is 1.77. The lowest BCUT2D eigenvalue weighted by Gasteiger charge is -2.08. The number of nitrogens with one attached hydrogen (secondary N) is 2. The van der Waals surface area contributed by atoms with Gasteiger partial charge in [-0.05, 0) is 61.0 Å². The van der Waals surface area contributed by atoms with Crippen LogP contribution in [0.15, 0.2) is 65.5 Å². The van der Waals surface area contributed by atoms with E-state index in [-0.39, 0.29) is 5.56 Å². The normalized spacial score (nSPS) is 10.4. The van der Waals surface area contributed by atoms with Crippen molar-refractivity contribution < 1.29 is 9.53 Å². The second kappa shape index (κ2) is 7.89. The van der Waals surface area contributed by atoms with Crippen molar-refractivity contribution in [2.24, 2.45) is 0 Å². The van der Waals surface area contributed by atoms with Gasteiger partial charge in [-0.1, -0.05) is 23.7 Å². The Morgan fingerprint density at radius 3 is 2.35 bits per heavy atom. The second-order valence-electron chi connectivity index (χ2n) is 5.53. The summed E-state index contributed by atoms with van der Waals surface area (Å²) in [6.07, 6.45) is 0. The number of ether oxygens (including phenoxy) is 1. The minimum absolute atomic E-state index is 0.0385. The first kappa shape index (κ1) is 17.8. The Hall–Kier alpha value is -3.05. The number of rotatable bonds is 5. The van der Waals surface area contributed by atoms with Crippen LogP contribution in [-0.2, 0) is 0 Å². The van der Waals surface area contributed by atoms with Crippen molar-refractivity contribution in [3.05, 3.63) is 81.6 Å². The molecular weight excluding hydrogens is 352 g/mol. The summed E-state index contributed by atoms with van der Waals surface area (Å²) in [6, 6.07) is 17.2. The van der Waals surface area contributed by atoms with Gasteiger partial charge in [0.25, 0.3) is 11.5 Å². The predicted octanol–water partition coefficient (Wildman–Crippen LogP) is 4.35. The van der Waals surface area contributed by atoms with E-state index in [1.807, 2.05) is 6.92 Å². The summed E-state index contributed by atoms with van der Waals surface area (Å²) in [5, 5.41) is 3.32. The molecule has 0 aliphatic heterocycles. The van der Waals surface area contributed by atoms with Crippen LogP contribution < -0.4 is 15.6 Å². The molecule has 1 aromatic heterocycles. The highest BCUT2D eigenvalue weighted by Crippen LogP contribution is 2.19. The third-order valence-corrected chi connectivity index (χ3v) is 3.98. The molecule has 26 heavy (non-hydrogen) atoms. The lowest BCUT2D eigenvalue weighted by molar-refractivity contribution is 0.102. The van der Waals surface area contributed by atoms with Crippen molar-refractivity contribution in [1.29, 1.82) is 0 Å². The molecule has 0 saturated carbocycles. The van der Waals surface area contributed by atoms with Gasteiger partial charge >= 0.3 is 0 Å². The number of halogens is 1. The van der Waals surface area contributed by atoms with Gasteiger partial charge in [0.15, 0.2) is 0 Å². The summed E-state index contributed by atoms with van der Waals surface area (Å²) in [5.74, 6) is 0.244. The zero-order chi connectivity index (χ0) is 18.5. The van der Waals surface area contributed by atoms with E-state index in [0.717, 1.165) is 11.3 Å². The highest BCUT2D eigenvalue weighted by Gasteiger charge is 2.12. The molecule has 5 nitrogen and oxygen atoms in total. The molecule has 3 aromatic rings. The highest BCUT2D eigenvalue weighted by molar-refractivity contribution is 6.30. The molecule has 3 rings (SSSR count). The van der Waals surface area contributed by atoms with E-state index in [4.69, 9.17) is 16.3 Å². The average Bonchev–Trinajstić information content (AvgIpc) is 2.64. The quantitative estimate of drug-likeness (QED) is 0.703. The van der Waals surface area contributed by atoms with Crippen molar-refractivity contribution in [1.82, 2.24) is 4.98 Å². The third-order valence-electron chi connectivity index (χ3n) is 3.73. The largest absolute Gasteiger partial charge is 0.494 e. The van der Waals surface area contributed by atoms with Crippen molar-refractivity contribution in [3.8, 4) is 17.0 Å². The highest BCUT2D eigenvalue weighted by atomic mass is 35.5. The van der Waals surface area contributed by atoms with Gasteiger partial charge in [0.2, 0.25) is 0 Å². The first-order valence-electron chi connectivity index (χ1n) is 8.10. The molecule has 0 unspecified atom stereocenters. The van der Waals surface area contributed by atoms with E-state index in [0.29, 0.717) is 23.0 Å². The number of hydrogen-bond donors (Lipinski definition) is 2. The number of H-pyrrole nitrogens is 1. The molecule has 0 atom stereocenters. The maximum absolute atomic E-state index is 12.4. The number of aromatic nitrogens is 1.